The van der Waals surface area contributed by atoms with Crippen molar-refractivity contribution in [3.8, 4) is 0 Å². The summed E-state index contributed by atoms with van der Waals surface area (Å²) in [4.78, 5) is 12.6. The first-order valence-electron chi connectivity index (χ1n) is 6.29. The molecule has 0 fully saturated rings. The highest BCUT2D eigenvalue weighted by atomic mass is 16.6. The van der Waals surface area contributed by atoms with Crippen LogP contribution in [0.25, 0.3) is 0 Å². The summed E-state index contributed by atoms with van der Waals surface area (Å²) in [6.45, 7) is 8.55. The minimum absolute atomic E-state index is 0.0325. The second kappa shape index (κ2) is 5.57. The highest BCUT2D eigenvalue weighted by Crippen LogP contribution is 2.32. The van der Waals surface area contributed by atoms with Gasteiger partial charge in [-0.15, -0.1) is 0 Å². The number of nitrogens with zero attached hydrogens (tertiary/aromatic N) is 2. The molecule has 1 aromatic carbocycles. The first-order valence-corrected chi connectivity index (χ1v) is 6.29. The lowest BCUT2D eigenvalue weighted by Gasteiger charge is -2.28. The summed E-state index contributed by atoms with van der Waals surface area (Å²) in [5.41, 5.74) is 1.21. The Morgan fingerprint density at radius 3 is 2.42 bits per heavy atom. The van der Waals surface area contributed by atoms with Gasteiger partial charge in [-0.1, -0.05) is 26.8 Å². The van der Waals surface area contributed by atoms with Gasteiger partial charge in [0.25, 0.3) is 5.69 Å². The van der Waals surface area contributed by atoms with Crippen molar-refractivity contribution in [3.63, 3.8) is 0 Å². The van der Waals surface area contributed by atoms with E-state index in [0.29, 0.717) is 17.8 Å². The van der Waals surface area contributed by atoms with Crippen LogP contribution in [0.3, 0.4) is 0 Å². The molecule has 0 amide bonds. The third kappa shape index (κ3) is 4.21. The number of hydrogen-bond donors (Lipinski definition) is 1. The SMILES string of the molecule is CC(O)c1ccc(N(C)CC(C)(C)C)c([N+](=O)[O-])c1. The third-order valence-electron chi connectivity index (χ3n) is 2.80. The molecule has 0 aliphatic rings. The van der Waals surface area contributed by atoms with Gasteiger partial charge >= 0.3 is 0 Å². The van der Waals surface area contributed by atoms with Crippen LogP contribution in [0.15, 0.2) is 18.2 Å². The van der Waals surface area contributed by atoms with Gasteiger partial charge in [-0.05, 0) is 24.0 Å². The van der Waals surface area contributed by atoms with E-state index in [-0.39, 0.29) is 11.1 Å². The van der Waals surface area contributed by atoms with Gasteiger partial charge in [0.05, 0.1) is 11.0 Å². The van der Waals surface area contributed by atoms with Crippen molar-refractivity contribution in [2.45, 2.75) is 33.8 Å². The van der Waals surface area contributed by atoms with E-state index < -0.39 is 11.0 Å². The topological polar surface area (TPSA) is 66.6 Å². The van der Waals surface area contributed by atoms with Gasteiger partial charge in [0.2, 0.25) is 0 Å². The predicted octanol–water partition coefficient (Wildman–Crippen LogP) is 3.13. The summed E-state index contributed by atoms with van der Waals surface area (Å²) in [5.74, 6) is 0. The lowest BCUT2D eigenvalue weighted by Crippen LogP contribution is -2.29. The number of aliphatic hydroxyl groups excluding tert-OH is 1. The van der Waals surface area contributed by atoms with Crippen LogP contribution >= 0.6 is 0 Å². The zero-order chi connectivity index (χ0) is 14.8. The normalized spacial score (nSPS) is 13.2. The molecular formula is C14H22N2O3. The molecule has 0 radical (unpaired) electrons. The van der Waals surface area contributed by atoms with Crippen LogP contribution in [0.4, 0.5) is 11.4 Å². The van der Waals surface area contributed by atoms with E-state index in [2.05, 4.69) is 20.8 Å². The summed E-state index contributed by atoms with van der Waals surface area (Å²) in [5, 5.41) is 20.7. The predicted molar refractivity (Wildman–Crippen MR) is 76.5 cm³/mol. The molecule has 1 aromatic rings. The summed E-state index contributed by atoms with van der Waals surface area (Å²) >= 11 is 0. The van der Waals surface area contributed by atoms with Crippen molar-refractivity contribution >= 4 is 11.4 Å². The smallest absolute Gasteiger partial charge is 0.292 e. The quantitative estimate of drug-likeness (QED) is 0.671. The van der Waals surface area contributed by atoms with Gasteiger partial charge < -0.3 is 10.0 Å². The molecule has 1 unspecified atom stereocenters. The Labute approximate surface area is 114 Å². The monoisotopic (exact) mass is 266 g/mol. The number of nitro benzene ring substituents is 1. The van der Waals surface area contributed by atoms with Crippen molar-refractivity contribution < 1.29 is 10.0 Å². The van der Waals surface area contributed by atoms with Crippen LogP contribution in [0.1, 0.15) is 39.4 Å². The molecule has 19 heavy (non-hydrogen) atoms. The summed E-state index contributed by atoms with van der Waals surface area (Å²) < 4.78 is 0. The van der Waals surface area contributed by atoms with Gasteiger partial charge in [0.1, 0.15) is 5.69 Å². The third-order valence-corrected chi connectivity index (χ3v) is 2.80. The van der Waals surface area contributed by atoms with Crippen LogP contribution in [-0.2, 0) is 0 Å². The van der Waals surface area contributed by atoms with Crippen molar-refractivity contribution in [2.24, 2.45) is 5.41 Å². The molecule has 0 saturated carbocycles. The average molecular weight is 266 g/mol. The van der Waals surface area contributed by atoms with E-state index in [1.54, 1.807) is 19.1 Å². The maximum Gasteiger partial charge on any atom is 0.292 e. The second-order valence-electron chi connectivity index (χ2n) is 6.10. The zero-order valence-corrected chi connectivity index (χ0v) is 12.2. The Morgan fingerprint density at radius 1 is 1.42 bits per heavy atom. The minimum atomic E-state index is -0.708. The van der Waals surface area contributed by atoms with Crippen molar-refractivity contribution in [3.05, 3.63) is 33.9 Å². The highest BCUT2D eigenvalue weighted by Gasteiger charge is 2.22. The maximum atomic E-state index is 11.2. The molecule has 0 aliphatic heterocycles. The molecule has 0 aromatic heterocycles. The molecule has 1 rings (SSSR count). The Balaban J connectivity index is 3.17. The number of aliphatic hydroxyl groups is 1. The van der Waals surface area contributed by atoms with Gasteiger partial charge in [-0.3, -0.25) is 10.1 Å². The number of rotatable bonds is 4. The molecule has 1 atom stereocenters. The van der Waals surface area contributed by atoms with Crippen LogP contribution in [0.5, 0.6) is 0 Å². The molecule has 0 bridgehead atoms. The molecule has 5 nitrogen and oxygen atoms in total. The Morgan fingerprint density at radius 2 is 2.00 bits per heavy atom. The zero-order valence-electron chi connectivity index (χ0n) is 12.2. The Hall–Kier alpha value is -1.62. The fraction of sp³-hybridized carbons (Fsp3) is 0.571. The van der Waals surface area contributed by atoms with Crippen molar-refractivity contribution in [1.82, 2.24) is 0 Å². The fourth-order valence-corrected chi connectivity index (χ4v) is 2.07. The van der Waals surface area contributed by atoms with E-state index >= 15 is 0 Å². The summed E-state index contributed by atoms with van der Waals surface area (Å²) in [6, 6.07) is 4.87. The first kappa shape index (κ1) is 15.4. The summed E-state index contributed by atoms with van der Waals surface area (Å²) in [7, 11) is 1.84. The largest absolute Gasteiger partial charge is 0.389 e. The first-order chi connectivity index (χ1) is 8.61. The molecule has 0 saturated heterocycles. The Kier molecular flexibility index (Phi) is 4.52. The number of benzene rings is 1. The van der Waals surface area contributed by atoms with Gasteiger partial charge in [0.15, 0.2) is 0 Å². The van der Waals surface area contributed by atoms with Crippen LogP contribution in [0, 0.1) is 15.5 Å². The van der Waals surface area contributed by atoms with E-state index in [4.69, 9.17) is 0 Å². The molecule has 106 valence electrons. The molecule has 0 heterocycles. The molecule has 1 N–H and O–H groups in total. The van der Waals surface area contributed by atoms with Crippen molar-refractivity contribution in [1.29, 1.82) is 0 Å². The molecular weight excluding hydrogens is 244 g/mol. The Bertz CT molecular complexity index is 464. The number of nitro groups is 1. The van der Waals surface area contributed by atoms with Gasteiger partial charge in [-0.25, -0.2) is 0 Å². The lowest BCUT2D eigenvalue weighted by atomic mass is 9.96. The van der Waals surface area contributed by atoms with E-state index in [1.807, 2.05) is 11.9 Å². The molecule has 0 aliphatic carbocycles. The summed E-state index contributed by atoms with van der Waals surface area (Å²) in [6.07, 6.45) is -0.708. The van der Waals surface area contributed by atoms with E-state index in [0.717, 1.165) is 0 Å². The molecule has 5 heteroatoms. The minimum Gasteiger partial charge on any atom is -0.389 e. The van der Waals surface area contributed by atoms with Crippen LogP contribution < -0.4 is 4.90 Å². The lowest BCUT2D eigenvalue weighted by molar-refractivity contribution is -0.384. The standard InChI is InChI=1S/C14H22N2O3/c1-10(17)11-6-7-12(13(8-11)16(18)19)15(5)9-14(2,3)4/h6-8,10,17H,9H2,1-5H3. The fourth-order valence-electron chi connectivity index (χ4n) is 2.07. The van der Waals surface area contributed by atoms with Crippen molar-refractivity contribution in [2.75, 3.05) is 18.5 Å². The number of hydrogen-bond acceptors (Lipinski definition) is 4. The van der Waals surface area contributed by atoms with E-state index in [9.17, 15) is 15.2 Å². The van der Waals surface area contributed by atoms with Crippen LogP contribution in [0.2, 0.25) is 0 Å². The second-order valence-corrected chi connectivity index (χ2v) is 6.10. The average Bonchev–Trinajstić information content (AvgIpc) is 2.25. The number of anilines is 1. The highest BCUT2D eigenvalue weighted by molar-refractivity contribution is 5.64. The maximum absolute atomic E-state index is 11.2. The van der Waals surface area contributed by atoms with E-state index in [1.165, 1.54) is 6.07 Å². The van der Waals surface area contributed by atoms with Gasteiger partial charge in [0, 0.05) is 19.7 Å². The van der Waals surface area contributed by atoms with Crippen LogP contribution in [-0.4, -0.2) is 23.6 Å². The molecule has 0 spiro atoms. The van der Waals surface area contributed by atoms with Gasteiger partial charge in [-0.2, -0.15) is 0 Å².